The quantitative estimate of drug-likeness (QED) is 0.634. The maximum atomic E-state index is 11.8. The number of ketones is 1. The molecule has 0 aliphatic rings. The first-order valence-corrected chi connectivity index (χ1v) is 5.59. The Morgan fingerprint density at radius 2 is 2.20 bits per heavy atom. The number of pyridine rings is 1. The van der Waals surface area contributed by atoms with E-state index in [0.717, 1.165) is 0 Å². The maximum absolute atomic E-state index is 11.8. The number of carbonyl (C=O) groups is 1. The van der Waals surface area contributed by atoms with Gasteiger partial charge in [-0.15, -0.1) is 0 Å². The first kappa shape index (κ1) is 12.6. The SMILES string of the molecule is Cc1nc(Cl)c(Br)cc1C(=O)CN(C)C. The molecule has 15 heavy (non-hydrogen) atoms. The maximum Gasteiger partial charge on any atom is 0.178 e. The van der Waals surface area contributed by atoms with Crippen molar-refractivity contribution in [2.24, 2.45) is 0 Å². The lowest BCUT2D eigenvalue weighted by Gasteiger charge is -2.10. The van der Waals surface area contributed by atoms with Gasteiger partial charge in [0.2, 0.25) is 0 Å². The van der Waals surface area contributed by atoms with E-state index in [4.69, 9.17) is 11.6 Å². The highest BCUT2D eigenvalue weighted by molar-refractivity contribution is 9.10. The number of carbonyl (C=O) groups excluding carboxylic acids is 1. The molecular weight excluding hydrogens is 279 g/mol. The van der Waals surface area contributed by atoms with Crippen LogP contribution in [0.25, 0.3) is 0 Å². The average molecular weight is 292 g/mol. The third-order valence-electron chi connectivity index (χ3n) is 1.88. The van der Waals surface area contributed by atoms with Gasteiger partial charge in [-0.3, -0.25) is 4.79 Å². The number of aryl methyl sites for hydroxylation is 1. The molecule has 82 valence electrons. The van der Waals surface area contributed by atoms with Crippen molar-refractivity contribution in [2.45, 2.75) is 6.92 Å². The fraction of sp³-hybridized carbons (Fsp3) is 0.400. The molecule has 0 saturated heterocycles. The number of hydrogen-bond donors (Lipinski definition) is 0. The predicted octanol–water partition coefficient (Wildman–Crippen LogP) is 2.55. The molecule has 5 heteroatoms. The van der Waals surface area contributed by atoms with Gasteiger partial charge in [0.05, 0.1) is 11.0 Å². The van der Waals surface area contributed by atoms with Gasteiger partial charge in [-0.2, -0.15) is 0 Å². The van der Waals surface area contributed by atoms with Crippen LogP contribution in [0.5, 0.6) is 0 Å². The Hall–Kier alpha value is -0.450. The lowest BCUT2D eigenvalue weighted by molar-refractivity contribution is 0.0957. The van der Waals surface area contributed by atoms with Crippen molar-refractivity contribution in [1.29, 1.82) is 0 Å². The molecule has 0 fully saturated rings. The van der Waals surface area contributed by atoms with E-state index in [0.29, 0.717) is 27.4 Å². The first-order chi connectivity index (χ1) is 6.91. The molecule has 0 radical (unpaired) electrons. The Bertz CT molecular complexity index is 393. The summed E-state index contributed by atoms with van der Waals surface area (Å²) in [7, 11) is 3.71. The van der Waals surface area contributed by atoms with Gasteiger partial charge in [0.25, 0.3) is 0 Å². The molecule has 0 aliphatic carbocycles. The summed E-state index contributed by atoms with van der Waals surface area (Å²) >= 11 is 9.07. The summed E-state index contributed by atoms with van der Waals surface area (Å²) in [4.78, 5) is 17.7. The van der Waals surface area contributed by atoms with E-state index in [1.165, 1.54) is 0 Å². The molecular formula is C10H12BrClN2O. The molecule has 0 atom stereocenters. The van der Waals surface area contributed by atoms with Crippen LogP contribution in [0.2, 0.25) is 5.15 Å². The highest BCUT2D eigenvalue weighted by atomic mass is 79.9. The van der Waals surface area contributed by atoms with Crippen LogP contribution in [0.4, 0.5) is 0 Å². The van der Waals surface area contributed by atoms with Crippen LogP contribution >= 0.6 is 27.5 Å². The highest BCUT2D eigenvalue weighted by Crippen LogP contribution is 2.23. The van der Waals surface area contributed by atoms with Crippen LogP contribution in [0.1, 0.15) is 16.1 Å². The molecule has 0 N–H and O–H groups in total. The Kier molecular flexibility index (Phi) is 4.25. The third kappa shape index (κ3) is 3.26. The first-order valence-electron chi connectivity index (χ1n) is 4.42. The van der Waals surface area contributed by atoms with E-state index in [1.54, 1.807) is 13.0 Å². The van der Waals surface area contributed by atoms with Gasteiger partial charge < -0.3 is 4.90 Å². The lowest BCUT2D eigenvalue weighted by Crippen LogP contribution is -2.22. The Morgan fingerprint density at radius 1 is 1.60 bits per heavy atom. The number of rotatable bonds is 3. The highest BCUT2D eigenvalue weighted by Gasteiger charge is 2.13. The second-order valence-electron chi connectivity index (χ2n) is 3.55. The topological polar surface area (TPSA) is 33.2 Å². The molecule has 0 saturated carbocycles. The monoisotopic (exact) mass is 290 g/mol. The van der Waals surface area contributed by atoms with Crippen molar-refractivity contribution < 1.29 is 4.79 Å². The number of nitrogens with zero attached hydrogens (tertiary/aromatic N) is 2. The molecule has 1 aromatic heterocycles. The summed E-state index contributed by atoms with van der Waals surface area (Å²) in [6.07, 6.45) is 0. The normalized spacial score (nSPS) is 10.8. The average Bonchev–Trinajstić information content (AvgIpc) is 2.09. The van der Waals surface area contributed by atoms with Gasteiger partial charge in [0, 0.05) is 11.3 Å². The fourth-order valence-corrected chi connectivity index (χ4v) is 1.71. The zero-order chi connectivity index (χ0) is 11.6. The zero-order valence-electron chi connectivity index (χ0n) is 8.84. The molecule has 0 aromatic carbocycles. The minimum atomic E-state index is 0.0439. The summed E-state index contributed by atoms with van der Waals surface area (Å²) in [5.41, 5.74) is 1.27. The zero-order valence-corrected chi connectivity index (χ0v) is 11.2. The smallest absolute Gasteiger partial charge is 0.178 e. The van der Waals surface area contributed by atoms with Gasteiger partial charge in [-0.25, -0.2) is 4.98 Å². The summed E-state index contributed by atoms with van der Waals surface area (Å²) in [5, 5.41) is 0.383. The number of halogens is 2. The van der Waals surface area contributed by atoms with Gasteiger partial charge >= 0.3 is 0 Å². The Balaban J connectivity index is 3.04. The Labute approximate surface area is 103 Å². The van der Waals surface area contributed by atoms with Crippen molar-refractivity contribution in [3.8, 4) is 0 Å². The molecule has 0 amide bonds. The number of Topliss-reactive ketones (excluding diaryl/α,β-unsaturated/α-hetero) is 1. The van der Waals surface area contributed by atoms with Crippen molar-refractivity contribution in [2.75, 3.05) is 20.6 Å². The van der Waals surface area contributed by atoms with Crippen LogP contribution in [0.15, 0.2) is 10.5 Å². The second kappa shape index (κ2) is 5.05. The van der Waals surface area contributed by atoms with E-state index in [9.17, 15) is 4.79 Å². The molecule has 0 aliphatic heterocycles. The van der Waals surface area contributed by atoms with E-state index < -0.39 is 0 Å². The number of aromatic nitrogens is 1. The molecule has 1 aromatic rings. The van der Waals surface area contributed by atoms with E-state index >= 15 is 0 Å². The summed E-state index contributed by atoms with van der Waals surface area (Å²) < 4.78 is 0.650. The lowest BCUT2D eigenvalue weighted by atomic mass is 10.1. The molecule has 0 bridgehead atoms. The van der Waals surface area contributed by atoms with Crippen LogP contribution in [-0.2, 0) is 0 Å². The fourth-order valence-electron chi connectivity index (χ4n) is 1.21. The van der Waals surface area contributed by atoms with E-state index in [1.807, 2.05) is 19.0 Å². The molecule has 0 spiro atoms. The number of likely N-dealkylation sites (N-methyl/N-ethyl adjacent to an activating group) is 1. The van der Waals surface area contributed by atoms with Gasteiger partial charge in [-0.1, -0.05) is 11.6 Å². The Morgan fingerprint density at radius 3 is 2.73 bits per heavy atom. The summed E-state index contributed by atoms with van der Waals surface area (Å²) in [5.74, 6) is 0.0439. The van der Waals surface area contributed by atoms with Crippen LogP contribution in [0, 0.1) is 6.92 Å². The van der Waals surface area contributed by atoms with Gasteiger partial charge in [0.1, 0.15) is 5.15 Å². The second-order valence-corrected chi connectivity index (χ2v) is 4.77. The van der Waals surface area contributed by atoms with Crippen molar-refractivity contribution in [1.82, 2.24) is 9.88 Å². The minimum absolute atomic E-state index is 0.0439. The standard InChI is InChI=1S/C10H12BrClN2O/c1-6-7(9(15)5-14(2)3)4-8(11)10(12)13-6/h4H,5H2,1-3H3. The predicted molar refractivity (Wildman–Crippen MR) is 64.6 cm³/mol. The van der Waals surface area contributed by atoms with Gasteiger partial charge in [-0.05, 0) is 43.0 Å². The van der Waals surface area contributed by atoms with Crippen LogP contribution < -0.4 is 0 Å². The largest absolute Gasteiger partial charge is 0.302 e. The minimum Gasteiger partial charge on any atom is -0.302 e. The molecule has 1 rings (SSSR count). The molecule has 0 unspecified atom stereocenters. The van der Waals surface area contributed by atoms with Crippen LogP contribution in [-0.4, -0.2) is 36.3 Å². The molecule has 3 nitrogen and oxygen atoms in total. The van der Waals surface area contributed by atoms with Crippen LogP contribution in [0.3, 0.4) is 0 Å². The van der Waals surface area contributed by atoms with Crippen molar-refractivity contribution >= 4 is 33.3 Å². The van der Waals surface area contributed by atoms with E-state index in [-0.39, 0.29) is 5.78 Å². The number of hydrogen-bond acceptors (Lipinski definition) is 3. The van der Waals surface area contributed by atoms with Crippen molar-refractivity contribution in [3.05, 3.63) is 26.9 Å². The summed E-state index contributed by atoms with van der Waals surface area (Å²) in [6.45, 7) is 2.15. The summed E-state index contributed by atoms with van der Waals surface area (Å²) in [6, 6.07) is 1.72. The van der Waals surface area contributed by atoms with Gasteiger partial charge in [0.15, 0.2) is 5.78 Å². The third-order valence-corrected chi connectivity index (χ3v) is 3.00. The molecule has 1 heterocycles. The van der Waals surface area contributed by atoms with Crippen molar-refractivity contribution in [3.63, 3.8) is 0 Å². The van der Waals surface area contributed by atoms with E-state index in [2.05, 4.69) is 20.9 Å².